The molecule has 1 aliphatic rings. The fraction of sp³-hybridized carbons (Fsp3) is 0.545. The Hall–Kier alpha value is -3.90. The topological polar surface area (TPSA) is 132 Å². The van der Waals surface area contributed by atoms with E-state index in [4.69, 9.17) is 9.47 Å². The molecule has 0 saturated carbocycles. The number of urea groups is 2. The molecule has 0 spiro atoms. The monoisotopic (exact) mass is 629 g/mol. The Morgan fingerprint density at radius 3 is 2.42 bits per heavy atom. The number of hydrogen-bond acceptors (Lipinski definition) is 6. The molecule has 5 amide bonds. The molecule has 1 heterocycles. The van der Waals surface area contributed by atoms with Crippen molar-refractivity contribution >= 4 is 29.3 Å². The molecule has 248 valence electrons. The number of aliphatic hydroxyl groups is 1. The average Bonchev–Trinajstić information content (AvgIpc) is 2.99. The van der Waals surface area contributed by atoms with E-state index in [2.05, 4.69) is 16.0 Å². The second-order valence-electron chi connectivity index (χ2n) is 12.1. The Morgan fingerprint density at radius 2 is 1.76 bits per heavy atom. The van der Waals surface area contributed by atoms with Gasteiger partial charge in [0.25, 0.3) is 5.91 Å². The van der Waals surface area contributed by atoms with Crippen LogP contribution >= 0.6 is 0 Å². The van der Waals surface area contributed by atoms with Crippen LogP contribution in [0.2, 0.25) is 0 Å². The molecule has 0 fully saturated rings. The Bertz CT molecular complexity index is 1280. The molecule has 11 nitrogen and oxygen atoms in total. The van der Waals surface area contributed by atoms with Gasteiger partial charge in [-0.15, -0.1) is 0 Å². The molecule has 4 atom stereocenters. The molecule has 0 aliphatic carbocycles. The largest absolute Gasteiger partial charge is 0.490 e. The van der Waals surface area contributed by atoms with Gasteiger partial charge in [0.05, 0.1) is 30.4 Å². The number of carbonyl (C=O) groups is 3. The van der Waals surface area contributed by atoms with Gasteiger partial charge in [0, 0.05) is 50.1 Å². The van der Waals surface area contributed by atoms with Crippen molar-refractivity contribution < 1.29 is 33.4 Å². The number of hydrogen-bond donors (Lipinski definition) is 4. The average molecular weight is 630 g/mol. The lowest BCUT2D eigenvalue weighted by Gasteiger charge is -2.35. The summed E-state index contributed by atoms with van der Waals surface area (Å²) in [6.45, 7) is 9.99. The molecular weight excluding hydrogens is 581 g/mol. The summed E-state index contributed by atoms with van der Waals surface area (Å²) in [6.07, 6.45) is 1.71. The summed E-state index contributed by atoms with van der Waals surface area (Å²) < 4.78 is 25.9. The highest BCUT2D eigenvalue weighted by Gasteiger charge is 2.31. The highest BCUT2D eigenvalue weighted by Crippen LogP contribution is 2.28. The number of anilines is 2. The van der Waals surface area contributed by atoms with Crippen molar-refractivity contribution in [3.63, 3.8) is 0 Å². The van der Waals surface area contributed by atoms with Gasteiger partial charge in [-0.3, -0.25) is 4.79 Å². The number of nitrogens with zero attached hydrogens (tertiary/aromatic N) is 2. The van der Waals surface area contributed by atoms with E-state index in [-0.39, 0.29) is 55.3 Å². The summed E-state index contributed by atoms with van der Waals surface area (Å²) in [4.78, 5) is 42.7. The van der Waals surface area contributed by atoms with E-state index >= 15 is 0 Å². The van der Waals surface area contributed by atoms with Gasteiger partial charge < -0.3 is 40.3 Å². The molecule has 3 rings (SSSR count). The first kappa shape index (κ1) is 35.6. The number of aliphatic hydroxyl groups excluding tert-OH is 1. The maximum absolute atomic E-state index is 14.2. The number of carbonyl (C=O) groups excluding carboxylic acids is 3. The van der Waals surface area contributed by atoms with E-state index in [1.807, 2.05) is 27.7 Å². The number of ether oxygens (including phenoxy) is 2. The van der Waals surface area contributed by atoms with Crippen LogP contribution in [0.1, 0.15) is 64.2 Å². The Morgan fingerprint density at radius 1 is 1.07 bits per heavy atom. The Kier molecular flexibility index (Phi) is 13.4. The molecule has 45 heavy (non-hydrogen) atoms. The zero-order valence-electron chi connectivity index (χ0n) is 27.1. The van der Waals surface area contributed by atoms with Gasteiger partial charge in [-0.1, -0.05) is 6.92 Å². The summed E-state index contributed by atoms with van der Waals surface area (Å²) in [6, 6.07) is 9.12. The van der Waals surface area contributed by atoms with Crippen molar-refractivity contribution in [1.29, 1.82) is 0 Å². The minimum Gasteiger partial charge on any atom is -0.490 e. The summed E-state index contributed by atoms with van der Waals surface area (Å²) >= 11 is 0. The number of benzene rings is 2. The van der Waals surface area contributed by atoms with E-state index in [0.29, 0.717) is 23.7 Å². The maximum Gasteiger partial charge on any atom is 0.321 e. The predicted octanol–water partition coefficient (Wildman–Crippen LogP) is 5.32. The lowest BCUT2D eigenvalue weighted by atomic mass is 10.0. The van der Waals surface area contributed by atoms with E-state index in [0.717, 1.165) is 19.3 Å². The zero-order chi connectivity index (χ0) is 33.1. The highest BCUT2D eigenvalue weighted by molar-refractivity contribution is 5.99. The molecule has 0 radical (unpaired) electrons. The van der Waals surface area contributed by atoms with Crippen molar-refractivity contribution in [2.24, 2.45) is 5.92 Å². The van der Waals surface area contributed by atoms with Crippen LogP contribution in [0.3, 0.4) is 0 Å². The molecule has 12 heteroatoms. The van der Waals surface area contributed by atoms with Crippen LogP contribution in [-0.4, -0.2) is 90.5 Å². The summed E-state index contributed by atoms with van der Waals surface area (Å²) in [5.41, 5.74) is 1.16. The zero-order valence-corrected chi connectivity index (χ0v) is 27.1. The highest BCUT2D eigenvalue weighted by atomic mass is 19.1. The summed E-state index contributed by atoms with van der Waals surface area (Å²) in [5, 5.41) is 18.5. The van der Waals surface area contributed by atoms with Gasteiger partial charge in [0.2, 0.25) is 0 Å². The fourth-order valence-corrected chi connectivity index (χ4v) is 5.00. The van der Waals surface area contributed by atoms with Crippen LogP contribution in [0, 0.1) is 11.7 Å². The summed E-state index contributed by atoms with van der Waals surface area (Å²) in [7, 11) is 1.65. The van der Waals surface area contributed by atoms with Crippen molar-refractivity contribution in [1.82, 2.24) is 15.1 Å². The first-order chi connectivity index (χ1) is 21.4. The maximum atomic E-state index is 14.2. The Balaban J connectivity index is 1.88. The fourth-order valence-electron chi connectivity index (χ4n) is 5.00. The van der Waals surface area contributed by atoms with Crippen LogP contribution < -0.4 is 20.7 Å². The van der Waals surface area contributed by atoms with Crippen molar-refractivity contribution in [2.45, 2.75) is 78.2 Å². The van der Waals surface area contributed by atoms with Gasteiger partial charge >= 0.3 is 12.1 Å². The third-order valence-corrected chi connectivity index (χ3v) is 7.63. The molecule has 2 aromatic rings. The molecule has 2 aromatic carbocycles. The van der Waals surface area contributed by atoms with Crippen molar-refractivity contribution in [2.75, 3.05) is 44.0 Å². The van der Waals surface area contributed by atoms with Crippen LogP contribution in [0.15, 0.2) is 42.5 Å². The van der Waals surface area contributed by atoms with Gasteiger partial charge in [-0.05, 0) is 89.4 Å². The normalized spacial score (nSPS) is 20.3. The van der Waals surface area contributed by atoms with Gasteiger partial charge in [0.15, 0.2) is 0 Å². The minimum absolute atomic E-state index is 0.0707. The third kappa shape index (κ3) is 10.9. The number of fused-ring (bicyclic) bond motifs is 1. The molecule has 1 aliphatic heterocycles. The van der Waals surface area contributed by atoms with E-state index in [9.17, 15) is 23.9 Å². The molecule has 4 N–H and O–H groups in total. The third-order valence-electron chi connectivity index (χ3n) is 7.63. The first-order valence-electron chi connectivity index (χ1n) is 15.6. The summed E-state index contributed by atoms with van der Waals surface area (Å²) in [5.74, 6) is -0.607. The smallest absolute Gasteiger partial charge is 0.321 e. The number of rotatable bonds is 7. The molecule has 0 bridgehead atoms. The molecule has 0 aromatic heterocycles. The van der Waals surface area contributed by atoms with Crippen molar-refractivity contribution in [3.05, 3.63) is 53.8 Å². The van der Waals surface area contributed by atoms with Gasteiger partial charge in [-0.25, -0.2) is 14.0 Å². The first-order valence-corrected chi connectivity index (χ1v) is 15.6. The number of halogens is 1. The van der Waals surface area contributed by atoms with Crippen LogP contribution in [0.5, 0.6) is 5.75 Å². The lowest BCUT2D eigenvalue weighted by molar-refractivity contribution is -0.0115. The van der Waals surface area contributed by atoms with Crippen LogP contribution in [0.25, 0.3) is 0 Å². The predicted molar refractivity (Wildman–Crippen MR) is 172 cm³/mol. The van der Waals surface area contributed by atoms with Gasteiger partial charge in [-0.2, -0.15) is 0 Å². The number of amides is 5. The van der Waals surface area contributed by atoms with Crippen molar-refractivity contribution in [3.8, 4) is 5.75 Å². The second kappa shape index (κ2) is 17.0. The minimum atomic E-state index is -0.542. The van der Waals surface area contributed by atoms with E-state index in [1.54, 1.807) is 37.1 Å². The van der Waals surface area contributed by atoms with E-state index < -0.39 is 24.0 Å². The second-order valence-corrected chi connectivity index (χ2v) is 12.1. The van der Waals surface area contributed by atoms with Crippen LogP contribution in [0.4, 0.5) is 25.4 Å². The molecule has 0 saturated heterocycles. The van der Waals surface area contributed by atoms with Gasteiger partial charge in [0.1, 0.15) is 11.6 Å². The quantitative estimate of drug-likeness (QED) is 0.328. The standard InChI is InChI=1S/C33H48FN5O6/c1-21(2)35-32(42)36-27-14-15-29-28(17-27)31(41)39(23(4)20-40)18-22(3)30(44-16-8-7-9-24(5)45-29)19-38(6)33(43)37-26-12-10-25(34)11-13-26/h10-15,17,21-24,30,40H,7-9,16,18-20H2,1-6H3,(H,37,43)(H2,35,36,42)/t22-,23-,24+,30+/m0/s1. The molecular formula is C33H48FN5O6. The molecule has 0 unspecified atom stereocenters. The SMILES string of the molecule is CC(C)NC(=O)Nc1ccc2c(c1)C(=O)N([C@@H](C)CO)C[C@H](C)[C@@H](CN(C)C(=O)Nc1ccc(F)cc1)OCCCC[C@@H](C)O2. The Labute approximate surface area is 265 Å². The van der Waals surface area contributed by atoms with Crippen LogP contribution in [-0.2, 0) is 4.74 Å². The lowest BCUT2D eigenvalue weighted by Crippen LogP contribution is -2.48. The number of likely N-dealkylation sites (N-methyl/N-ethyl adjacent to an activating group) is 1. The number of nitrogens with one attached hydrogen (secondary N) is 3. The van der Waals surface area contributed by atoms with E-state index in [1.165, 1.54) is 29.2 Å².